The quantitative estimate of drug-likeness (QED) is 0.740. The number of aromatic nitrogens is 3. The van der Waals surface area contributed by atoms with Gasteiger partial charge in [-0.25, -0.2) is 15.0 Å². The SMILES string of the molecule is Cc1cccc(CNC(=O)[C@H]2CCCN(c3cnc4nc(C)c(C)nc4c3)C2)c1. The minimum atomic E-state index is -0.0184. The predicted octanol–water partition coefficient (Wildman–Crippen LogP) is 3.48. The first-order chi connectivity index (χ1) is 14.0. The molecule has 1 atom stereocenters. The van der Waals surface area contributed by atoms with Gasteiger partial charge < -0.3 is 10.2 Å². The van der Waals surface area contributed by atoms with Crippen LogP contribution in [0.25, 0.3) is 11.2 Å². The summed E-state index contributed by atoms with van der Waals surface area (Å²) in [6.45, 7) is 8.17. The number of rotatable bonds is 4. The smallest absolute Gasteiger partial charge is 0.225 e. The number of fused-ring (bicyclic) bond motifs is 1. The molecule has 6 nitrogen and oxygen atoms in total. The standard InChI is InChI=1S/C23H27N5O/c1-15-6-4-7-18(10-15)12-25-23(29)19-8-5-9-28(14-19)20-11-21-22(24-13-20)27-17(3)16(2)26-21/h4,6-7,10-11,13,19H,5,8-9,12,14H2,1-3H3,(H,25,29)/t19-/m0/s1. The third-order valence-electron chi connectivity index (χ3n) is 5.62. The van der Waals surface area contributed by atoms with Crippen LogP contribution in [0.3, 0.4) is 0 Å². The summed E-state index contributed by atoms with van der Waals surface area (Å²) in [6.07, 6.45) is 3.74. The predicted molar refractivity (Wildman–Crippen MR) is 115 cm³/mol. The number of hydrogen-bond acceptors (Lipinski definition) is 5. The second-order valence-electron chi connectivity index (χ2n) is 7.92. The first-order valence-electron chi connectivity index (χ1n) is 10.2. The average Bonchev–Trinajstić information content (AvgIpc) is 2.73. The topological polar surface area (TPSA) is 71.0 Å². The van der Waals surface area contributed by atoms with Gasteiger partial charge in [0.15, 0.2) is 5.65 Å². The van der Waals surface area contributed by atoms with Crippen molar-refractivity contribution in [3.8, 4) is 0 Å². The van der Waals surface area contributed by atoms with Crippen LogP contribution < -0.4 is 10.2 Å². The van der Waals surface area contributed by atoms with E-state index >= 15 is 0 Å². The summed E-state index contributed by atoms with van der Waals surface area (Å²) in [5.41, 5.74) is 6.64. The van der Waals surface area contributed by atoms with E-state index in [0.717, 1.165) is 47.5 Å². The highest BCUT2D eigenvalue weighted by Gasteiger charge is 2.26. The van der Waals surface area contributed by atoms with Crippen LogP contribution in [-0.4, -0.2) is 33.9 Å². The Balaban J connectivity index is 1.44. The van der Waals surface area contributed by atoms with Crippen LogP contribution in [0, 0.1) is 26.7 Å². The van der Waals surface area contributed by atoms with E-state index in [9.17, 15) is 4.79 Å². The van der Waals surface area contributed by atoms with E-state index in [1.54, 1.807) is 0 Å². The van der Waals surface area contributed by atoms with E-state index in [2.05, 4.69) is 44.2 Å². The first kappa shape index (κ1) is 19.3. The van der Waals surface area contributed by atoms with Gasteiger partial charge in [0, 0.05) is 19.6 Å². The molecule has 3 aromatic rings. The van der Waals surface area contributed by atoms with Crippen molar-refractivity contribution >= 4 is 22.8 Å². The maximum absolute atomic E-state index is 12.8. The summed E-state index contributed by atoms with van der Waals surface area (Å²) >= 11 is 0. The first-order valence-corrected chi connectivity index (χ1v) is 10.2. The van der Waals surface area contributed by atoms with E-state index < -0.39 is 0 Å². The Morgan fingerprint density at radius 1 is 1.17 bits per heavy atom. The molecule has 0 unspecified atom stereocenters. The van der Waals surface area contributed by atoms with E-state index in [1.165, 1.54) is 5.56 Å². The molecule has 4 rings (SSSR count). The highest BCUT2D eigenvalue weighted by atomic mass is 16.1. The van der Waals surface area contributed by atoms with E-state index in [1.807, 2.05) is 38.2 Å². The van der Waals surface area contributed by atoms with Crippen LogP contribution in [-0.2, 0) is 11.3 Å². The maximum atomic E-state index is 12.8. The molecule has 1 aliphatic heterocycles. The van der Waals surface area contributed by atoms with E-state index in [0.29, 0.717) is 18.7 Å². The lowest BCUT2D eigenvalue weighted by Crippen LogP contribution is -2.43. The summed E-state index contributed by atoms with van der Waals surface area (Å²) in [6, 6.07) is 10.3. The zero-order chi connectivity index (χ0) is 20.4. The van der Waals surface area contributed by atoms with Crippen LogP contribution in [0.5, 0.6) is 0 Å². The lowest BCUT2D eigenvalue weighted by Gasteiger charge is -2.33. The minimum Gasteiger partial charge on any atom is -0.369 e. The van der Waals surface area contributed by atoms with Gasteiger partial charge in [0.05, 0.1) is 29.2 Å². The summed E-state index contributed by atoms with van der Waals surface area (Å²) in [7, 11) is 0. The molecule has 1 N–H and O–H groups in total. The van der Waals surface area contributed by atoms with Crippen molar-refractivity contribution in [2.75, 3.05) is 18.0 Å². The van der Waals surface area contributed by atoms with Crippen molar-refractivity contribution in [1.82, 2.24) is 20.3 Å². The molecule has 1 aromatic carbocycles. The number of nitrogens with one attached hydrogen (secondary N) is 1. The van der Waals surface area contributed by atoms with Crippen LogP contribution in [0.4, 0.5) is 5.69 Å². The molecule has 2 aromatic heterocycles. The Labute approximate surface area is 171 Å². The van der Waals surface area contributed by atoms with Gasteiger partial charge in [0.2, 0.25) is 5.91 Å². The van der Waals surface area contributed by atoms with Gasteiger partial charge in [-0.05, 0) is 45.2 Å². The van der Waals surface area contributed by atoms with E-state index in [4.69, 9.17) is 0 Å². The minimum absolute atomic E-state index is 0.0184. The Kier molecular flexibility index (Phi) is 5.43. The molecule has 6 heteroatoms. The summed E-state index contributed by atoms with van der Waals surface area (Å²) in [5.74, 6) is 0.103. The molecule has 1 fully saturated rings. The van der Waals surface area contributed by atoms with Crippen LogP contribution in [0.2, 0.25) is 0 Å². The fourth-order valence-corrected chi connectivity index (χ4v) is 3.86. The van der Waals surface area contributed by atoms with Crippen LogP contribution >= 0.6 is 0 Å². The molecule has 0 saturated carbocycles. The van der Waals surface area contributed by atoms with Crippen LogP contribution in [0.15, 0.2) is 36.5 Å². The fourth-order valence-electron chi connectivity index (χ4n) is 3.86. The van der Waals surface area contributed by atoms with Gasteiger partial charge in [-0.15, -0.1) is 0 Å². The Morgan fingerprint density at radius 3 is 2.83 bits per heavy atom. The molecule has 0 radical (unpaired) electrons. The third-order valence-corrected chi connectivity index (χ3v) is 5.62. The third kappa shape index (κ3) is 4.36. The molecule has 1 amide bonds. The average molecular weight is 390 g/mol. The van der Waals surface area contributed by atoms with Gasteiger partial charge >= 0.3 is 0 Å². The molecule has 0 aliphatic carbocycles. The van der Waals surface area contributed by atoms with Crippen molar-refractivity contribution in [3.63, 3.8) is 0 Å². The summed E-state index contributed by atoms with van der Waals surface area (Å²) in [5, 5.41) is 3.11. The zero-order valence-electron chi connectivity index (χ0n) is 17.3. The molecule has 1 saturated heterocycles. The molecule has 0 bridgehead atoms. The van der Waals surface area contributed by atoms with Crippen molar-refractivity contribution in [2.45, 2.75) is 40.2 Å². The van der Waals surface area contributed by atoms with Gasteiger partial charge in [0.1, 0.15) is 5.52 Å². The number of amides is 1. The zero-order valence-corrected chi connectivity index (χ0v) is 17.3. The molecule has 3 heterocycles. The Morgan fingerprint density at radius 2 is 2.00 bits per heavy atom. The number of piperidine rings is 1. The highest BCUT2D eigenvalue weighted by Crippen LogP contribution is 2.25. The number of aryl methyl sites for hydroxylation is 3. The van der Waals surface area contributed by atoms with E-state index in [-0.39, 0.29) is 11.8 Å². The van der Waals surface area contributed by atoms with Gasteiger partial charge in [0.25, 0.3) is 0 Å². The van der Waals surface area contributed by atoms with Crippen LogP contribution in [0.1, 0.15) is 35.4 Å². The molecular formula is C23H27N5O. The lowest BCUT2D eigenvalue weighted by atomic mass is 9.96. The summed E-state index contributed by atoms with van der Waals surface area (Å²) < 4.78 is 0. The number of pyridine rings is 1. The number of carbonyl (C=O) groups is 1. The number of nitrogens with zero attached hydrogens (tertiary/aromatic N) is 4. The van der Waals surface area contributed by atoms with Gasteiger partial charge in [-0.1, -0.05) is 29.8 Å². The van der Waals surface area contributed by atoms with Crippen molar-refractivity contribution < 1.29 is 4.79 Å². The largest absolute Gasteiger partial charge is 0.369 e. The molecule has 150 valence electrons. The number of carbonyl (C=O) groups excluding carboxylic acids is 1. The molecule has 0 spiro atoms. The number of hydrogen-bond donors (Lipinski definition) is 1. The Bertz CT molecular complexity index is 1050. The van der Waals surface area contributed by atoms with Crippen molar-refractivity contribution in [1.29, 1.82) is 0 Å². The summed E-state index contributed by atoms with van der Waals surface area (Å²) in [4.78, 5) is 28.6. The van der Waals surface area contributed by atoms with Gasteiger partial charge in [-0.3, -0.25) is 4.79 Å². The monoisotopic (exact) mass is 389 g/mol. The number of benzene rings is 1. The second-order valence-corrected chi connectivity index (χ2v) is 7.92. The number of anilines is 1. The molecular weight excluding hydrogens is 362 g/mol. The molecule has 29 heavy (non-hydrogen) atoms. The highest BCUT2D eigenvalue weighted by molar-refractivity contribution is 5.80. The molecule has 1 aliphatic rings. The van der Waals surface area contributed by atoms with Gasteiger partial charge in [-0.2, -0.15) is 0 Å². The normalized spacial score (nSPS) is 16.8. The second kappa shape index (κ2) is 8.15. The fraction of sp³-hybridized carbons (Fsp3) is 0.391. The van der Waals surface area contributed by atoms with Crippen molar-refractivity contribution in [3.05, 3.63) is 59.0 Å². The Hall–Kier alpha value is -3.02. The maximum Gasteiger partial charge on any atom is 0.225 e. The van der Waals surface area contributed by atoms with Crippen molar-refractivity contribution in [2.24, 2.45) is 5.92 Å². The lowest BCUT2D eigenvalue weighted by molar-refractivity contribution is -0.125.